The number of methoxy groups -OCH3 is 1. The van der Waals surface area contributed by atoms with Gasteiger partial charge in [0.25, 0.3) is 5.69 Å². The maximum atomic E-state index is 11.3. The van der Waals surface area contributed by atoms with Crippen LogP contribution in [0.1, 0.15) is 76.7 Å². The Kier molecular flexibility index (Phi) is 12.0. The molecular weight excluding hydrogens is 342 g/mol. The van der Waals surface area contributed by atoms with Crippen molar-refractivity contribution in [2.75, 3.05) is 13.7 Å². The van der Waals surface area contributed by atoms with Gasteiger partial charge in [-0.15, -0.1) is 6.58 Å². The minimum Gasteiger partial charge on any atom is -0.493 e. The molecule has 1 aromatic rings. The van der Waals surface area contributed by atoms with Gasteiger partial charge in [-0.2, -0.15) is 0 Å². The molecule has 0 aliphatic rings. The highest BCUT2D eigenvalue weighted by Crippen LogP contribution is 2.38. The normalized spacial score (nSPS) is 10.6. The molecule has 0 radical (unpaired) electrons. The minimum absolute atomic E-state index is 0.0498. The summed E-state index contributed by atoms with van der Waals surface area (Å²) in [4.78, 5) is 10.9. The van der Waals surface area contributed by atoms with Crippen molar-refractivity contribution in [1.82, 2.24) is 0 Å². The van der Waals surface area contributed by atoms with Gasteiger partial charge in [0.05, 0.1) is 24.2 Å². The van der Waals surface area contributed by atoms with Crippen LogP contribution in [0.25, 0.3) is 0 Å². The molecule has 0 N–H and O–H groups in total. The first-order valence-electron chi connectivity index (χ1n) is 10.2. The fourth-order valence-corrected chi connectivity index (χ4v) is 3.19. The van der Waals surface area contributed by atoms with Gasteiger partial charge in [0.1, 0.15) is 0 Å². The van der Waals surface area contributed by atoms with Crippen LogP contribution in [0, 0.1) is 10.1 Å². The second kappa shape index (κ2) is 14.1. The topological polar surface area (TPSA) is 61.6 Å². The number of ether oxygens (including phenoxy) is 2. The van der Waals surface area contributed by atoms with E-state index in [1.165, 1.54) is 57.4 Å². The van der Waals surface area contributed by atoms with Crippen molar-refractivity contribution in [3.05, 3.63) is 40.5 Å². The average Bonchev–Trinajstić information content (AvgIpc) is 2.66. The molecule has 1 aromatic carbocycles. The molecule has 0 saturated carbocycles. The molecular formula is C22H35NO4. The van der Waals surface area contributed by atoms with Crippen molar-refractivity contribution >= 4 is 5.69 Å². The number of unbranched alkanes of at least 4 members (excludes halogenated alkanes) is 9. The Morgan fingerprint density at radius 3 is 2.15 bits per heavy atom. The fourth-order valence-electron chi connectivity index (χ4n) is 3.19. The maximum Gasteiger partial charge on any atom is 0.276 e. The summed E-state index contributed by atoms with van der Waals surface area (Å²) in [6.45, 7) is 6.48. The lowest BCUT2D eigenvalue weighted by Crippen LogP contribution is -2.05. The monoisotopic (exact) mass is 377 g/mol. The summed E-state index contributed by atoms with van der Waals surface area (Å²) in [5, 5.41) is 11.3. The first-order valence-corrected chi connectivity index (χ1v) is 10.2. The molecule has 0 amide bonds. The summed E-state index contributed by atoms with van der Waals surface area (Å²) in [5.41, 5.74) is 0.579. The number of nitro groups is 1. The summed E-state index contributed by atoms with van der Waals surface area (Å²) in [5.74, 6) is 1.01. The second-order valence-corrected chi connectivity index (χ2v) is 6.87. The largest absolute Gasteiger partial charge is 0.493 e. The Hall–Kier alpha value is -2.04. The summed E-state index contributed by atoms with van der Waals surface area (Å²) < 4.78 is 11.2. The first kappa shape index (κ1) is 23.0. The van der Waals surface area contributed by atoms with Gasteiger partial charge in [0, 0.05) is 12.5 Å². The van der Waals surface area contributed by atoms with Crippen molar-refractivity contribution in [3.63, 3.8) is 0 Å². The van der Waals surface area contributed by atoms with Crippen LogP contribution in [-0.2, 0) is 6.42 Å². The van der Waals surface area contributed by atoms with E-state index < -0.39 is 0 Å². The zero-order chi connectivity index (χ0) is 19.9. The lowest BCUT2D eigenvalue weighted by molar-refractivity contribution is -0.385. The van der Waals surface area contributed by atoms with E-state index in [1.54, 1.807) is 19.3 Å². The molecule has 0 bridgehead atoms. The molecule has 27 heavy (non-hydrogen) atoms. The Bertz CT molecular complexity index is 572. The summed E-state index contributed by atoms with van der Waals surface area (Å²) in [6, 6.07) is 3.06. The van der Waals surface area contributed by atoms with Crippen LogP contribution in [-0.4, -0.2) is 18.6 Å². The molecule has 1 rings (SSSR count). The standard InChI is InChI=1S/C22H35NO4/c1-4-6-7-8-9-10-11-12-13-14-18-27-22-19(15-5-2)20(23(24)25)16-17-21(22)26-3/h5,16-17H,2,4,6-15,18H2,1,3H3. The Morgan fingerprint density at radius 1 is 1.04 bits per heavy atom. The highest BCUT2D eigenvalue weighted by Gasteiger charge is 2.21. The predicted octanol–water partition coefficient (Wildman–Crippen LogP) is 6.63. The van der Waals surface area contributed by atoms with Crippen LogP contribution in [0.15, 0.2) is 24.8 Å². The van der Waals surface area contributed by atoms with E-state index in [0.717, 1.165) is 12.8 Å². The zero-order valence-corrected chi connectivity index (χ0v) is 17.0. The van der Waals surface area contributed by atoms with Crippen LogP contribution in [0.5, 0.6) is 11.5 Å². The van der Waals surface area contributed by atoms with Gasteiger partial charge < -0.3 is 9.47 Å². The maximum absolute atomic E-state index is 11.3. The number of allylic oxidation sites excluding steroid dienone is 1. The van der Waals surface area contributed by atoms with E-state index in [0.29, 0.717) is 30.1 Å². The lowest BCUT2D eigenvalue weighted by atomic mass is 10.1. The van der Waals surface area contributed by atoms with E-state index >= 15 is 0 Å². The predicted molar refractivity (Wildman–Crippen MR) is 111 cm³/mol. The summed E-state index contributed by atoms with van der Waals surface area (Å²) in [6.07, 6.45) is 14.6. The molecule has 0 atom stereocenters. The molecule has 0 aliphatic carbocycles. The second-order valence-electron chi connectivity index (χ2n) is 6.87. The summed E-state index contributed by atoms with van der Waals surface area (Å²) >= 11 is 0. The van der Waals surface area contributed by atoms with E-state index in [9.17, 15) is 10.1 Å². The molecule has 0 saturated heterocycles. The Labute approximate surface area is 163 Å². The van der Waals surface area contributed by atoms with Crippen molar-refractivity contribution in [3.8, 4) is 11.5 Å². The molecule has 0 unspecified atom stereocenters. The molecule has 0 spiro atoms. The average molecular weight is 378 g/mol. The molecule has 0 heterocycles. The molecule has 5 heteroatoms. The number of benzene rings is 1. The first-order chi connectivity index (χ1) is 13.2. The number of nitro benzene ring substituents is 1. The van der Waals surface area contributed by atoms with E-state index in [2.05, 4.69) is 13.5 Å². The van der Waals surface area contributed by atoms with Gasteiger partial charge >= 0.3 is 0 Å². The minimum atomic E-state index is -0.383. The van der Waals surface area contributed by atoms with E-state index in [-0.39, 0.29) is 10.6 Å². The number of nitrogens with zero attached hydrogens (tertiary/aromatic N) is 1. The highest BCUT2D eigenvalue weighted by atomic mass is 16.6. The smallest absolute Gasteiger partial charge is 0.276 e. The van der Waals surface area contributed by atoms with Crippen LogP contribution in [0.4, 0.5) is 5.69 Å². The van der Waals surface area contributed by atoms with Crippen LogP contribution < -0.4 is 9.47 Å². The third-order valence-electron chi connectivity index (χ3n) is 4.71. The van der Waals surface area contributed by atoms with Gasteiger partial charge in [-0.3, -0.25) is 10.1 Å². The third-order valence-corrected chi connectivity index (χ3v) is 4.71. The highest BCUT2D eigenvalue weighted by molar-refractivity contribution is 5.57. The van der Waals surface area contributed by atoms with Crippen LogP contribution in [0.3, 0.4) is 0 Å². The van der Waals surface area contributed by atoms with Gasteiger partial charge in [-0.05, 0) is 12.5 Å². The lowest BCUT2D eigenvalue weighted by Gasteiger charge is -2.14. The van der Waals surface area contributed by atoms with E-state index in [1.807, 2.05) is 0 Å². The summed E-state index contributed by atoms with van der Waals surface area (Å²) in [7, 11) is 1.55. The van der Waals surface area contributed by atoms with Crippen LogP contribution in [0.2, 0.25) is 0 Å². The number of hydrogen-bond acceptors (Lipinski definition) is 4. The van der Waals surface area contributed by atoms with Crippen LogP contribution >= 0.6 is 0 Å². The Morgan fingerprint density at radius 2 is 1.63 bits per heavy atom. The van der Waals surface area contributed by atoms with Gasteiger partial charge in [-0.1, -0.05) is 70.8 Å². The van der Waals surface area contributed by atoms with Crippen molar-refractivity contribution < 1.29 is 14.4 Å². The van der Waals surface area contributed by atoms with Gasteiger partial charge in [-0.25, -0.2) is 0 Å². The van der Waals surface area contributed by atoms with Gasteiger partial charge in [0.2, 0.25) is 0 Å². The van der Waals surface area contributed by atoms with Crippen molar-refractivity contribution in [2.24, 2.45) is 0 Å². The zero-order valence-electron chi connectivity index (χ0n) is 17.0. The molecule has 0 fully saturated rings. The molecule has 0 aliphatic heterocycles. The molecule has 5 nitrogen and oxygen atoms in total. The van der Waals surface area contributed by atoms with Gasteiger partial charge in [0.15, 0.2) is 11.5 Å². The number of hydrogen-bond donors (Lipinski definition) is 0. The van der Waals surface area contributed by atoms with Crippen molar-refractivity contribution in [1.29, 1.82) is 0 Å². The third kappa shape index (κ3) is 8.46. The molecule has 152 valence electrons. The SMILES string of the molecule is C=CCc1c([N+](=O)[O-])ccc(OC)c1OCCCCCCCCCCCC. The van der Waals surface area contributed by atoms with E-state index in [4.69, 9.17) is 9.47 Å². The Balaban J connectivity index is 2.42. The quantitative estimate of drug-likeness (QED) is 0.140. The fraction of sp³-hybridized carbons (Fsp3) is 0.636. The van der Waals surface area contributed by atoms with Crippen molar-refractivity contribution in [2.45, 2.75) is 77.6 Å². The number of rotatable bonds is 16. The molecule has 0 aromatic heterocycles.